The van der Waals surface area contributed by atoms with Crippen LogP contribution in [0.5, 0.6) is 0 Å². The average Bonchev–Trinajstić information content (AvgIpc) is 2.00. The van der Waals surface area contributed by atoms with E-state index in [1.807, 2.05) is 0 Å². The first-order valence-corrected chi connectivity index (χ1v) is 5.81. The third-order valence-electron chi connectivity index (χ3n) is 2.37. The van der Waals surface area contributed by atoms with Gasteiger partial charge in [0.05, 0.1) is 0 Å². The van der Waals surface area contributed by atoms with Gasteiger partial charge in [0.1, 0.15) is 6.04 Å². The van der Waals surface area contributed by atoms with Crippen LogP contribution in [0.1, 0.15) is 47.5 Å². The van der Waals surface area contributed by atoms with E-state index in [0.29, 0.717) is 17.9 Å². The molecule has 1 atom stereocenters. The lowest BCUT2D eigenvalue weighted by molar-refractivity contribution is -0.139. The highest BCUT2D eigenvalue weighted by atomic mass is 16.4. The zero-order chi connectivity index (χ0) is 12.0. The van der Waals surface area contributed by atoms with Crippen molar-refractivity contribution >= 4 is 5.97 Å². The zero-order valence-electron chi connectivity index (χ0n) is 10.6. The van der Waals surface area contributed by atoms with Crippen LogP contribution in [0.2, 0.25) is 0 Å². The average molecular weight is 215 g/mol. The van der Waals surface area contributed by atoms with E-state index >= 15 is 0 Å². The lowest BCUT2D eigenvalue weighted by Gasteiger charge is -2.24. The van der Waals surface area contributed by atoms with E-state index in [1.54, 1.807) is 6.92 Å². The number of carbonyl (C=O) groups is 1. The molecule has 2 N–H and O–H groups in total. The van der Waals surface area contributed by atoms with Crippen molar-refractivity contribution in [1.82, 2.24) is 5.32 Å². The minimum Gasteiger partial charge on any atom is -0.480 e. The molecular formula is C12H25NO2. The number of carboxylic acids is 1. The molecule has 0 aliphatic rings. The van der Waals surface area contributed by atoms with Crippen molar-refractivity contribution in [3.8, 4) is 0 Å². The summed E-state index contributed by atoms with van der Waals surface area (Å²) in [5, 5.41) is 12.0. The summed E-state index contributed by atoms with van der Waals surface area (Å²) < 4.78 is 0. The number of hydrogen-bond acceptors (Lipinski definition) is 2. The summed E-state index contributed by atoms with van der Waals surface area (Å²) in [6.07, 6.45) is 2.08. The molecule has 0 saturated heterocycles. The summed E-state index contributed by atoms with van der Waals surface area (Å²) in [5.41, 5.74) is 0. The molecule has 15 heavy (non-hydrogen) atoms. The summed E-state index contributed by atoms with van der Waals surface area (Å²) in [7, 11) is 0. The minimum atomic E-state index is -0.771. The van der Waals surface area contributed by atoms with Crippen molar-refractivity contribution < 1.29 is 9.90 Å². The molecule has 0 aromatic rings. The molecule has 0 radical (unpaired) electrons. The first kappa shape index (κ1) is 14.4. The largest absolute Gasteiger partial charge is 0.480 e. The standard InChI is InChI=1S/C12H25NO2/c1-8(2)6-11(7-9(3)4)13-10(5)12(14)15/h8-11,13H,6-7H2,1-5H3,(H,14,15)/t10-/m0/s1. The molecule has 3 nitrogen and oxygen atoms in total. The molecule has 0 fully saturated rings. The van der Waals surface area contributed by atoms with E-state index in [4.69, 9.17) is 5.11 Å². The van der Waals surface area contributed by atoms with Crippen LogP contribution >= 0.6 is 0 Å². The van der Waals surface area contributed by atoms with Crippen LogP contribution in [0.15, 0.2) is 0 Å². The van der Waals surface area contributed by atoms with Crippen LogP contribution in [0.3, 0.4) is 0 Å². The third-order valence-corrected chi connectivity index (χ3v) is 2.37. The number of aliphatic carboxylic acids is 1. The fraction of sp³-hybridized carbons (Fsp3) is 0.917. The van der Waals surface area contributed by atoms with Crippen molar-refractivity contribution in [2.24, 2.45) is 11.8 Å². The molecule has 0 rings (SSSR count). The Labute approximate surface area is 93.3 Å². The van der Waals surface area contributed by atoms with E-state index in [1.165, 1.54) is 0 Å². The lowest BCUT2D eigenvalue weighted by atomic mass is 9.95. The maximum absolute atomic E-state index is 10.7. The van der Waals surface area contributed by atoms with Crippen LogP contribution < -0.4 is 5.32 Å². The van der Waals surface area contributed by atoms with Crippen molar-refractivity contribution in [3.05, 3.63) is 0 Å². The van der Waals surface area contributed by atoms with Crippen LogP contribution in [-0.4, -0.2) is 23.2 Å². The van der Waals surface area contributed by atoms with Gasteiger partial charge in [-0.3, -0.25) is 4.79 Å². The second kappa shape index (κ2) is 6.83. The fourth-order valence-corrected chi connectivity index (χ4v) is 1.80. The van der Waals surface area contributed by atoms with Gasteiger partial charge in [0.25, 0.3) is 0 Å². The summed E-state index contributed by atoms with van der Waals surface area (Å²) in [6.45, 7) is 10.4. The van der Waals surface area contributed by atoms with Gasteiger partial charge in [-0.25, -0.2) is 0 Å². The van der Waals surface area contributed by atoms with E-state index < -0.39 is 12.0 Å². The number of nitrogens with one attached hydrogen (secondary N) is 1. The first-order valence-electron chi connectivity index (χ1n) is 5.81. The number of hydrogen-bond donors (Lipinski definition) is 2. The summed E-state index contributed by atoms with van der Waals surface area (Å²) in [5.74, 6) is 0.428. The number of rotatable bonds is 7. The van der Waals surface area contributed by atoms with Crippen molar-refractivity contribution in [2.75, 3.05) is 0 Å². The van der Waals surface area contributed by atoms with Gasteiger partial charge in [-0.15, -0.1) is 0 Å². The Morgan fingerprint density at radius 2 is 1.47 bits per heavy atom. The Balaban J connectivity index is 4.17. The van der Waals surface area contributed by atoms with Crippen molar-refractivity contribution in [1.29, 1.82) is 0 Å². The van der Waals surface area contributed by atoms with Crippen LogP contribution in [0.25, 0.3) is 0 Å². The van der Waals surface area contributed by atoms with E-state index in [2.05, 4.69) is 33.0 Å². The van der Waals surface area contributed by atoms with E-state index in [9.17, 15) is 4.79 Å². The highest BCUT2D eigenvalue weighted by Crippen LogP contribution is 2.13. The molecule has 0 unspecified atom stereocenters. The molecule has 0 aromatic carbocycles. The monoisotopic (exact) mass is 215 g/mol. The van der Waals surface area contributed by atoms with Gasteiger partial charge in [-0.1, -0.05) is 27.7 Å². The van der Waals surface area contributed by atoms with Crippen LogP contribution in [0.4, 0.5) is 0 Å². The molecule has 0 amide bonds. The summed E-state index contributed by atoms with van der Waals surface area (Å²) in [6, 6.07) is -0.136. The maximum atomic E-state index is 10.7. The van der Waals surface area contributed by atoms with Gasteiger partial charge < -0.3 is 10.4 Å². The minimum absolute atomic E-state index is 0.316. The Morgan fingerprint density at radius 3 is 1.73 bits per heavy atom. The lowest BCUT2D eigenvalue weighted by Crippen LogP contribution is -2.42. The SMILES string of the molecule is CC(C)CC(CC(C)C)N[C@@H](C)C(=O)O. The van der Waals surface area contributed by atoms with Gasteiger partial charge in [0, 0.05) is 6.04 Å². The quantitative estimate of drug-likeness (QED) is 0.686. The second-order valence-corrected chi connectivity index (χ2v) is 5.18. The molecule has 0 heterocycles. The molecule has 0 spiro atoms. The summed E-state index contributed by atoms with van der Waals surface area (Å²) >= 11 is 0. The fourth-order valence-electron chi connectivity index (χ4n) is 1.80. The van der Waals surface area contributed by atoms with Gasteiger partial charge in [0.15, 0.2) is 0 Å². The molecular weight excluding hydrogens is 190 g/mol. The molecule has 0 aromatic heterocycles. The normalized spacial score (nSPS) is 13.9. The smallest absolute Gasteiger partial charge is 0.320 e. The van der Waals surface area contributed by atoms with E-state index in [-0.39, 0.29) is 0 Å². The maximum Gasteiger partial charge on any atom is 0.320 e. The molecule has 0 bridgehead atoms. The van der Waals surface area contributed by atoms with Gasteiger partial charge in [-0.2, -0.15) is 0 Å². The van der Waals surface area contributed by atoms with Crippen LogP contribution in [-0.2, 0) is 4.79 Å². The Morgan fingerprint density at radius 1 is 1.07 bits per heavy atom. The molecule has 0 aliphatic heterocycles. The molecule has 3 heteroatoms. The van der Waals surface area contributed by atoms with Gasteiger partial charge in [0.2, 0.25) is 0 Å². The Kier molecular flexibility index (Phi) is 6.57. The number of carboxylic acid groups (broad SMARTS) is 1. The molecule has 0 aliphatic carbocycles. The topological polar surface area (TPSA) is 49.3 Å². The van der Waals surface area contributed by atoms with Crippen molar-refractivity contribution in [3.63, 3.8) is 0 Å². The Bertz CT molecular complexity index is 180. The molecule has 0 saturated carbocycles. The predicted molar refractivity (Wildman–Crippen MR) is 62.9 cm³/mol. The third kappa shape index (κ3) is 7.37. The summed E-state index contributed by atoms with van der Waals surface area (Å²) in [4.78, 5) is 10.7. The zero-order valence-corrected chi connectivity index (χ0v) is 10.6. The first-order chi connectivity index (χ1) is 6.82. The van der Waals surface area contributed by atoms with Gasteiger partial charge in [-0.05, 0) is 31.6 Å². The van der Waals surface area contributed by atoms with E-state index in [0.717, 1.165) is 12.8 Å². The van der Waals surface area contributed by atoms with Gasteiger partial charge >= 0.3 is 5.97 Å². The molecule has 90 valence electrons. The predicted octanol–water partition coefficient (Wildman–Crippen LogP) is 2.51. The highest BCUT2D eigenvalue weighted by Gasteiger charge is 2.18. The second-order valence-electron chi connectivity index (χ2n) is 5.18. The Hall–Kier alpha value is -0.570. The van der Waals surface area contributed by atoms with Crippen molar-refractivity contribution in [2.45, 2.75) is 59.5 Å². The van der Waals surface area contributed by atoms with Crippen LogP contribution in [0, 0.1) is 11.8 Å². The highest BCUT2D eigenvalue weighted by molar-refractivity contribution is 5.72.